The van der Waals surface area contributed by atoms with Gasteiger partial charge in [-0.1, -0.05) is 32.8 Å². The van der Waals surface area contributed by atoms with E-state index < -0.39 is 5.60 Å². The minimum absolute atomic E-state index is 0.256. The quantitative estimate of drug-likeness (QED) is 0.823. The standard InChI is InChI=1S/C16H23NO/c1-11-5-3-9-16(18,12(11)2)14-8-7-13-6-4-10-17-15(13)14/h4,6,10-12,14,18H,3,5,7-9H2,1-2H3. The first kappa shape index (κ1) is 12.2. The van der Waals surface area contributed by atoms with Gasteiger partial charge < -0.3 is 5.11 Å². The summed E-state index contributed by atoms with van der Waals surface area (Å²) in [6.45, 7) is 4.51. The van der Waals surface area contributed by atoms with Gasteiger partial charge in [0.2, 0.25) is 0 Å². The van der Waals surface area contributed by atoms with Crippen LogP contribution in [0, 0.1) is 11.8 Å². The molecule has 1 saturated carbocycles. The molecule has 1 heterocycles. The minimum atomic E-state index is -0.530. The van der Waals surface area contributed by atoms with Gasteiger partial charge in [0.15, 0.2) is 0 Å². The number of rotatable bonds is 1. The monoisotopic (exact) mass is 245 g/mol. The Labute approximate surface area is 109 Å². The molecule has 1 aromatic heterocycles. The van der Waals surface area contributed by atoms with E-state index in [0.29, 0.717) is 11.8 Å². The predicted octanol–water partition coefficient (Wildman–Crippen LogP) is 3.30. The highest BCUT2D eigenvalue weighted by molar-refractivity contribution is 5.31. The molecule has 1 fully saturated rings. The molecule has 0 aromatic carbocycles. The fourth-order valence-corrected chi connectivity index (χ4v) is 4.07. The first-order chi connectivity index (χ1) is 8.63. The summed E-state index contributed by atoms with van der Waals surface area (Å²) in [4.78, 5) is 4.56. The second-order valence-corrected chi connectivity index (χ2v) is 6.29. The summed E-state index contributed by atoms with van der Waals surface area (Å²) in [5.41, 5.74) is 1.99. The van der Waals surface area contributed by atoms with Crippen molar-refractivity contribution in [2.24, 2.45) is 11.8 Å². The van der Waals surface area contributed by atoms with E-state index in [1.165, 1.54) is 17.7 Å². The van der Waals surface area contributed by atoms with Crippen LogP contribution in [0.4, 0.5) is 0 Å². The highest BCUT2D eigenvalue weighted by Gasteiger charge is 2.48. The second-order valence-electron chi connectivity index (χ2n) is 6.29. The molecular formula is C16H23NO. The zero-order chi connectivity index (χ0) is 12.8. The third-order valence-electron chi connectivity index (χ3n) is 5.44. The van der Waals surface area contributed by atoms with Gasteiger partial charge in [0.1, 0.15) is 0 Å². The van der Waals surface area contributed by atoms with Crippen LogP contribution in [0.25, 0.3) is 0 Å². The molecule has 0 aliphatic heterocycles. The predicted molar refractivity (Wildman–Crippen MR) is 72.4 cm³/mol. The maximum absolute atomic E-state index is 11.2. The van der Waals surface area contributed by atoms with E-state index in [4.69, 9.17) is 0 Å². The molecule has 2 nitrogen and oxygen atoms in total. The molecule has 2 aliphatic rings. The lowest BCUT2D eigenvalue weighted by Crippen LogP contribution is -2.47. The van der Waals surface area contributed by atoms with E-state index in [-0.39, 0.29) is 5.92 Å². The topological polar surface area (TPSA) is 33.1 Å². The number of aliphatic hydroxyl groups is 1. The zero-order valence-corrected chi connectivity index (χ0v) is 11.4. The van der Waals surface area contributed by atoms with Crippen molar-refractivity contribution in [3.8, 4) is 0 Å². The Kier molecular flexibility index (Phi) is 2.93. The molecule has 0 saturated heterocycles. The largest absolute Gasteiger partial charge is 0.389 e. The first-order valence-corrected chi connectivity index (χ1v) is 7.29. The van der Waals surface area contributed by atoms with Crippen molar-refractivity contribution < 1.29 is 5.11 Å². The van der Waals surface area contributed by atoms with E-state index in [1.54, 1.807) is 0 Å². The summed E-state index contributed by atoms with van der Waals surface area (Å²) >= 11 is 0. The molecular weight excluding hydrogens is 222 g/mol. The van der Waals surface area contributed by atoms with Crippen molar-refractivity contribution in [3.05, 3.63) is 29.6 Å². The van der Waals surface area contributed by atoms with Gasteiger partial charge in [0.25, 0.3) is 0 Å². The zero-order valence-electron chi connectivity index (χ0n) is 11.4. The summed E-state index contributed by atoms with van der Waals surface area (Å²) < 4.78 is 0. The molecule has 18 heavy (non-hydrogen) atoms. The number of aryl methyl sites for hydroxylation is 1. The average Bonchev–Trinajstić information content (AvgIpc) is 2.80. The number of aromatic nitrogens is 1. The Hall–Kier alpha value is -0.890. The molecule has 0 amide bonds. The lowest BCUT2D eigenvalue weighted by Gasteiger charge is -2.45. The van der Waals surface area contributed by atoms with E-state index in [0.717, 1.165) is 25.7 Å². The van der Waals surface area contributed by atoms with Crippen molar-refractivity contribution >= 4 is 0 Å². The number of pyridine rings is 1. The van der Waals surface area contributed by atoms with Crippen LogP contribution in [0.3, 0.4) is 0 Å². The van der Waals surface area contributed by atoms with Gasteiger partial charge in [0.05, 0.1) is 5.60 Å². The second kappa shape index (κ2) is 4.34. The summed E-state index contributed by atoms with van der Waals surface area (Å²) in [6.07, 6.45) is 7.37. The summed E-state index contributed by atoms with van der Waals surface area (Å²) in [7, 11) is 0. The van der Waals surface area contributed by atoms with Crippen molar-refractivity contribution in [1.82, 2.24) is 4.98 Å². The van der Waals surface area contributed by atoms with Gasteiger partial charge in [0, 0.05) is 17.8 Å². The van der Waals surface area contributed by atoms with Crippen molar-refractivity contribution in [2.75, 3.05) is 0 Å². The van der Waals surface area contributed by atoms with Crippen molar-refractivity contribution in [2.45, 2.75) is 57.5 Å². The van der Waals surface area contributed by atoms with Crippen LogP contribution >= 0.6 is 0 Å². The summed E-state index contributed by atoms with van der Waals surface area (Å²) in [5, 5.41) is 11.2. The van der Waals surface area contributed by atoms with Crippen LogP contribution in [-0.4, -0.2) is 15.7 Å². The molecule has 0 radical (unpaired) electrons. The Balaban J connectivity index is 1.95. The first-order valence-electron chi connectivity index (χ1n) is 7.29. The number of hydrogen-bond donors (Lipinski definition) is 1. The molecule has 1 N–H and O–H groups in total. The summed E-state index contributed by atoms with van der Waals surface area (Å²) in [6, 6.07) is 4.18. The minimum Gasteiger partial charge on any atom is -0.389 e. The van der Waals surface area contributed by atoms with Crippen LogP contribution < -0.4 is 0 Å². The van der Waals surface area contributed by atoms with Crippen LogP contribution in [-0.2, 0) is 6.42 Å². The van der Waals surface area contributed by atoms with E-state index in [9.17, 15) is 5.11 Å². The molecule has 4 atom stereocenters. The molecule has 0 bridgehead atoms. The Morgan fingerprint density at radius 3 is 3.00 bits per heavy atom. The Morgan fingerprint density at radius 1 is 1.33 bits per heavy atom. The maximum Gasteiger partial charge on any atom is 0.0759 e. The van der Waals surface area contributed by atoms with Crippen molar-refractivity contribution in [3.63, 3.8) is 0 Å². The van der Waals surface area contributed by atoms with Gasteiger partial charge in [-0.2, -0.15) is 0 Å². The smallest absolute Gasteiger partial charge is 0.0759 e. The molecule has 2 aliphatic carbocycles. The number of fused-ring (bicyclic) bond motifs is 1. The van der Waals surface area contributed by atoms with Crippen LogP contribution in [0.15, 0.2) is 18.3 Å². The van der Waals surface area contributed by atoms with Gasteiger partial charge in [-0.25, -0.2) is 0 Å². The van der Waals surface area contributed by atoms with E-state index in [1.807, 2.05) is 12.3 Å². The third kappa shape index (κ3) is 1.70. The van der Waals surface area contributed by atoms with Crippen LogP contribution in [0.5, 0.6) is 0 Å². The van der Waals surface area contributed by atoms with Gasteiger partial charge >= 0.3 is 0 Å². The fourth-order valence-electron chi connectivity index (χ4n) is 4.07. The highest BCUT2D eigenvalue weighted by atomic mass is 16.3. The lowest BCUT2D eigenvalue weighted by atomic mass is 9.64. The SMILES string of the molecule is CC1CCCC(O)(C2CCc3cccnc32)C1C. The Morgan fingerprint density at radius 2 is 2.17 bits per heavy atom. The molecule has 0 spiro atoms. The molecule has 1 aromatic rings. The van der Waals surface area contributed by atoms with Crippen LogP contribution in [0.1, 0.15) is 56.7 Å². The van der Waals surface area contributed by atoms with Gasteiger partial charge in [-0.3, -0.25) is 4.98 Å². The molecule has 3 rings (SSSR count). The molecule has 4 unspecified atom stereocenters. The highest BCUT2D eigenvalue weighted by Crippen LogP contribution is 2.50. The van der Waals surface area contributed by atoms with Gasteiger partial charge in [-0.05, 0) is 42.7 Å². The summed E-state index contributed by atoms with van der Waals surface area (Å²) in [5.74, 6) is 1.26. The lowest BCUT2D eigenvalue weighted by molar-refractivity contribution is -0.0841. The Bertz CT molecular complexity index is 444. The van der Waals surface area contributed by atoms with E-state index in [2.05, 4.69) is 24.9 Å². The third-order valence-corrected chi connectivity index (χ3v) is 5.44. The molecule has 2 heteroatoms. The maximum atomic E-state index is 11.2. The van der Waals surface area contributed by atoms with Crippen LogP contribution in [0.2, 0.25) is 0 Å². The average molecular weight is 245 g/mol. The van der Waals surface area contributed by atoms with Gasteiger partial charge in [-0.15, -0.1) is 0 Å². The number of hydrogen-bond acceptors (Lipinski definition) is 2. The fraction of sp³-hybridized carbons (Fsp3) is 0.688. The molecule has 98 valence electrons. The number of nitrogens with zero attached hydrogens (tertiary/aromatic N) is 1. The normalized spacial score (nSPS) is 39.6. The van der Waals surface area contributed by atoms with E-state index >= 15 is 0 Å². The van der Waals surface area contributed by atoms with Crippen molar-refractivity contribution in [1.29, 1.82) is 0 Å².